The summed E-state index contributed by atoms with van der Waals surface area (Å²) in [6.45, 7) is 3.78. The van der Waals surface area contributed by atoms with Gasteiger partial charge in [0.15, 0.2) is 0 Å². The minimum atomic E-state index is -4.00. The highest BCUT2D eigenvalue weighted by atomic mass is 32.2. The zero-order chi connectivity index (χ0) is 20.3. The average Bonchev–Trinajstić information content (AvgIpc) is 2.69. The van der Waals surface area contributed by atoms with Gasteiger partial charge in [-0.05, 0) is 61.9 Å². The maximum atomic E-state index is 13.7. The van der Waals surface area contributed by atoms with Gasteiger partial charge in [0, 0.05) is 0 Å². The lowest BCUT2D eigenvalue weighted by molar-refractivity contribution is 0.415. The fraction of sp³-hybridized carbons (Fsp3) is 0.182. The molecule has 3 aromatic rings. The Morgan fingerprint density at radius 1 is 0.964 bits per heavy atom. The molecule has 146 valence electrons. The minimum absolute atomic E-state index is 0.0951. The summed E-state index contributed by atoms with van der Waals surface area (Å²) in [5.74, 6) is 0.0218. The Labute approximate surface area is 165 Å². The Kier molecular flexibility index (Phi) is 5.70. The maximum absolute atomic E-state index is 13.7. The molecule has 0 bridgehead atoms. The van der Waals surface area contributed by atoms with E-state index in [0.717, 1.165) is 17.2 Å². The Hall–Kier alpha value is -2.86. The van der Waals surface area contributed by atoms with E-state index >= 15 is 0 Å². The Morgan fingerprint density at radius 3 is 2.18 bits per heavy atom. The van der Waals surface area contributed by atoms with Gasteiger partial charge in [0.05, 0.1) is 23.7 Å². The number of anilines is 1. The van der Waals surface area contributed by atoms with Crippen LogP contribution in [0.4, 0.5) is 10.1 Å². The third-order valence-corrected chi connectivity index (χ3v) is 6.49. The second-order valence-corrected chi connectivity index (χ2v) is 8.36. The molecule has 28 heavy (non-hydrogen) atoms. The van der Waals surface area contributed by atoms with Crippen molar-refractivity contribution in [3.05, 3.63) is 89.7 Å². The van der Waals surface area contributed by atoms with Crippen molar-refractivity contribution in [1.29, 1.82) is 0 Å². The van der Waals surface area contributed by atoms with E-state index in [2.05, 4.69) is 0 Å². The quantitative estimate of drug-likeness (QED) is 0.579. The van der Waals surface area contributed by atoms with Crippen molar-refractivity contribution in [3.8, 4) is 5.75 Å². The largest absolute Gasteiger partial charge is 0.497 e. The first-order valence-corrected chi connectivity index (χ1v) is 10.3. The van der Waals surface area contributed by atoms with Crippen LogP contribution in [0.5, 0.6) is 5.75 Å². The summed E-state index contributed by atoms with van der Waals surface area (Å²) in [5.41, 5.74) is 2.39. The van der Waals surface area contributed by atoms with Crippen LogP contribution in [-0.4, -0.2) is 15.5 Å². The van der Waals surface area contributed by atoms with Crippen molar-refractivity contribution < 1.29 is 17.5 Å². The van der Waals surface area contributed by atoms with Crippen LogP contribution in [0.25, 0.3) is 0 Å². The van der Waals surface area contributed by atoms with Crippen molar-refractivity contribution in [3.63, 3.8) is 0 Å². The number of hydrogen-bond donors (Lipinski definition) is 0. The van der Waals surface area contributed by atoms with Crippen LogP contribution in [0.2, 0.25) is 0 Å². The molecule has 0 spiro atoms. The zero-order valence-corrected chi connectivity index (χ0v) is 16.8. The lowest BCUT2D eigenvalue weighted by Crippen LogP contribution is -2.33. The van der Waals surface area contributed by atoms with E-state index < -0.39 is 21.9 Å². The summed E-state index contributed by atoms with van der Waals surface area (Å²) in [5, 5.41) is 0. The van der Waals surface area contributed by atoms with Gasteiger partial charge in [-0.1, -0.05) is 35.9 Å². The fourth-order valence-corrected chi connectivity index (χ4v) is 4.70. The fourth-order valence-electron chi connectivity index (χ4n) is 3.02. The molecule has 0 saturated heterocycles. The number of halogens is 1. The predicted octanol–water partition coefficient (Wildman–Crippen LogP) is 5.10. The zero-order valence-electron chi connectivity index (χ0n) is 16.0. The summed E-state index contributed by atoms with van der Waals surface area (Å²) in [6.07, 6.45) is 0. The molecule has 0 unspecified atom stereocenters. The van der Waals surface area contributed by atoms with E-state index in [9.17, 15) is 12.8 Å². The van der Waals surface area contributed by atoms with Crippen LogP contribution in [-0.2, 0) is 10.0 Å². The molecular formula is C22H22FNO3S. The van der Waals surface area contributed by atoms with Crippen molar-refractivity contribution in [2.24, 2.45) is 0 Å². The van der Waals surface area contributed by atoms with Crippen LogP contribution in [0.3, 0.4) is 0 Å². The number of nitrogens with zero attached hydrogens (tertiary/aromatic N) is 1. The Morgan fingerprint density at radius 2 is 1.61 bits per heavy atom. The van der Waals surface area contributed by atoms with Gasteiger partial charge in [-0.2, -0.15) is 0 Å². The molecule has 0 heterocycles. The number of benzene rings is 3. The number of methoxy groups -OCH3 is 1. The lowest BCUT2D eigenvalue weighted by Gasteiger charge is -2.31. The molecule has 0 aromatic heterocycles. The van der Waals surface area contributed by atoms with Crippen LogP contribution in [0, 0.1) is 12.7 Å². The predicted molar refractivity (Wildman–Crippen MR) is 109 cm³/mol. The number of sulfonamides is 1. The molecule has 0 saturated carbocycles. The molecule has 0 N–H and O–H groups in total. The second kappa shape index (κ2) is 8.02. The van der Waals surface area contributed by atoms with Crippen molar-refractivity contribution in [2.75, 3.05) is 11.4 Å². The first-order valence-electron chi connectivity index (χ1n) is 8.83. The topological polar surface area (TPSA) is 46.6 Å². The van der Waals surface area contributed by atoms with Crippen LogP contribution in [0.15, 0.2) is 77.7 Å². The molecule has 0 radical (unpaired) electrons. The van der Waals surface area contributed by atoms with Gasteiger partial charge in [-0.3, -0.25) is 4.31 Å². The van der Waals surface area contributed by atoms with E-state index in [1.54, 1.807) is 31.4 Å². The van der Waals surface area contributed by atoms with Gasteiger partial charge in [-0.15, -0.1) is 0 Å². The molecule has 3 aromatic carbocycles. The number of ether oxygens (including phenoxy) is 1. The van der Waals surface area contributed by atoms with Crippen molar-refractivity contribution in [2.45, 2.75) is 24.8 Å². The molecule has 0 amide bonds. The first-order chi connectivity index (χ1) is 13.3. The standard InChI is InChI=1S/C22H22FNO3S/c1-16-7-9-18(10-8-16)17(2)24(20-11-13-21(27-3)14-12-20)28(25,26)22-6-4-5-19(23)15-22/h4-15,17H,1-3H3/t17-/m0/s1. The van der Waals surface area contributed by atoms with Gasteiger partial charge in [0.2, 0.25) is 0 Å². The Bertz CT molecular complexity index is 1050. The molecule has 3 rings (SSSR count). The summed E-state index contributed by atoms with van der Waals surface area (Å²) in [6, 6.07) is 19.0. The van der Waals surface area contributed by atoms with Crippen LogP contribution >= 0.6 is 0 Å². The van der Waals surface area contributed by atoms with E-state index in [-0.39, 0.29) is 4.90 Å². The summed E-state index contributed by atoms with van der Waals surface area (Å²) >= 11 is 0. The third kappa shape index (κ3) is 4.02. The highest BCUT2D eigenvalue weighted by molar-refractivity contribution is 7.92. The summed E-state index contributed by atoms with van der Waals surface area (Å²) in [7, 11) is -2.45. The van der Waals surface area contributed by atoms with E-state index in [4.69, 9.17) is 4.74 Å². The minimum Gasteiger partial charge on any atom is -0.497 e. The van der Waals surface area contributed by atoms with E-state index in [0.29, 0.717) is 11.4 Å². The van der Waals surface area contributed by atoms with Crippen LogP contribution in [0.1, 0.15) is 24.1 Å². The SMILES string of the molecule is COc1ccc(N([C@@H](C)c2ccc(C)cc2)S(=O)(=O)c2cccc(F)c2)cc1. The molecule has 1 atom stereocenters. The molecule has 0 aliphatic heterocycles. The number of rotatable bonds is 6. The van der Waals surface area contributed by atoms with Gasteiger partial charge < -0.3 is 4.74 Å². The summed E-state index contributed by atoms with van der Waals surface area (Å²) in [4.78, 5) is -0.0951. The van der Waals surface area contributed by atoms with Gasteiger partial charge in [-0.25, -0.2) is 12.8 Å². The van der Waals surface area contributed by atoms with Gasteiger partial charge >= 0.3 is 0 Å². The normalized spacial score (nSPS) is 12.4. The van der Waals surface area contributed by atoms with Crippen molar-refractivity contribution in [1.82, 2.24) is 0 Å². The van der Waals surface area contributed by atoms with E-state index in [1.165, 1.54) is 22.5 Å². The van der Waals surface area contributed by atoms with Gasteiger partial charge in [0.25, 0.3) is 10.0 Å². The molecule has 6 heteroatoms. The highest BCUT2D eigenvalue weighted by Gasteiger charge is 2.30. The average molecular weight is 399 g/mol. The number of aryl methyl sites for hydroxylation is 1. The third-order valence-electron chi connectivity index (χ3n) is 4.59. The lowest BCUT2D eigenvalue weighted by atomic mass is 10.1. The van der Waals surface area contributed by atoms with Crippen molar-refractivity contribution >= 4 is 15.7 Å². The molecule has 0 aliphatic rings. The maximum Gasteiger partial charge on any atom is 0.264 e. The highest BCUT2D eigenvalue weighted by Crippen LogP contribution is 2.34. The Balaban J connectivity index is 2.14. The van der Waals surface area contributed by atoms with Crippen LogP contribution < -0.4 is 9.04 Å². The first kappa shape index (κ1) is 19.9. The monoisotopic (exact) mass is 399 g/mol. The number of hydrogen-bond acceptors (Lipinski definition) is 3. The van der Waals surface area contributed by atoms with Gasteiger partial charge in [0.1, 0.15) is 11.6 Å². The molecule has 0 fully saturated rings. The molecule has 4 nitrogen and oxygen atoms in total. The smallest absolute Gasteiger partial charge is 0.264 e. The summed E-state index contributed by atoms with van der Waals surface area (Å²) < 4.78 is 47.1. The molecule has 0 aliphatic carbocycles. The van der Waals surface area contributed by atoms with E-state index in [1.807, 2.05) is 38.1 Å². The molecular weight excluding hydrogens is 377 g/mol. The second-order valence-electron chi connectivity index (χ2n) is 6.54.